The van der Waals surface area contributed by atoms with Gasteiger partial charge in [-0.3, -0.25) is 4.79 Å². The highest BCUT2D eigenvalue weighted by atomic mass is 32.2. The van der Waals surface area contributed by atoms with Crippen molar-refractivity contribution in [3.63, 3.8) is 0 Å². The van der Waals surface area contributed by atoms with Crippen LogP contribution in [-0.2, 0) is 11.3 Å². The highest BCUT2D eigenvalue weighted by molar-refractivity contribution is 8.02. The topological polar surface area (TPSA) is 76.1 Å². The second kappa shape index (κ2) is 9.38. The Balaban J connectivity index is 1.52. The molecule has 8 heteroatoms. The number of amides is 1. The Bertz CT molecular complexity index is 886. The maximum Gasteiger partial charge on any atom is 0.233 e. The van der Waals surface area contributed by atoms with Crippen molar-refractivity contribution < 1.29 is 9.53 Å². The van der Waals surface area contributed by atoms with Gasteiger partial charge in [-0.1, -0.05) is 59.5 Å². The number of ether oxygens (including phenoxy) is 1. The predicted octanol–water partition coefficient (Wildman–Crippen LogP) is 4.09. The van der Waals surface area contributed by atoms with Gasteiger partial charge in [-0.25, -0.2) is 0 Å². The maximum absolute atomic E-state index is 12.3. The minimum absolute atomic E-state index is 0.0265. The molecule has 1 heterocycles. The third-order valence-electron chi connectivity index (χ3n) is 3.68. The Labute approximate surface area is 166 Å². The first-order chi connectivity index (χ1) is 13.1. The molecule has 1 amide bonds. The summed E-state index contributed by atoms with van der Waals surface area (Å²) in [5, 5.41) is 14.8. The van der Waals surface area contributed by atoms with Crippen LogP contribution in [0.1, 0.15) is 12.5 Å². The van der Waals surface area contributed by atoms with Gasteiger partial charge in [-0.2, -0.15) is 0 Å². The van der Waals surface area contributed by atoms with Crippen LogP contribution in [0.3, 0.4) is 0 Å². The van der Waals surface area contributed by atoms with E-state index < -0.39 is 0 Å². The number of anilines is 2. The molecule has 0 aliphatic heterocycles. The van der Waals surface area contributed by atoms with Gasteiger partial charge in [0.15, 0.2) is 4.34 Å². The SMILES string of the molecule is COc1cccc(Nc2nnc(S[C@@H](C)C(=O)NCc3ccccc3)s2)c1. The van der Waals surface area contributed by atoms with E-state index in [-0.39, 0.29) is 11.2 Å². The maximum atomic E-state index is 12.3. The summed E-state index contributed by atoms with van der Waals surface area (Å²) in [7, 11) is 1.63. The standard InChI is InChI=1S/C19H20N4O2S2/c1-13(17(24)20-12-14-7-4-3-5-8-14)26-19-23-22-18(27-19)21-15-9-6-10-16(11-15)25-2/h3-11,13H,12H2,1-2H3,(H,20,24)(H,21,22)/t13-/m0/s1. The van der Waals surface area contributed by atoms with E-state index in [4.69, 9.17) is 4.74 Å². The van der Waals surface area contributed by atoms with Crippen LogP contribution in [0.2, 0.25) is 0 Å². The monoisotopic (exact) mass is 400 g/mol. The van der Waals surface area contributed by atoms with E-state index in [0.717, 1.165) is 21.3 Å². The molecule has 0 spiro atoms. The van der Waals surface area contributed by atoms with Crippen LogP contribution in [0.25, 0.3) is 0 Å². The molecule has 0 radical (unpaired) electrons. The van der Waals surface area contributed by atoms with Gasteiger partial charge in [0.05, 0.1) is 12.4 Å². The van der Waals surface area contributed by atoms with Gasteiger partial charge >= 0.3 is 0 Å². The van der Waals surface area contributed by atoms with Crippen molar-refractivity contribution in [3.8, 4) is 5.75 Å². The summed E-state index contributed by atoms with van der Waals surface area (Å²) in [6.45, 7) is 2.38. The quantitative estimate of drug-likeness (QED) is 0.555. The first kappa shape index (κ1) is 19.2. The zero-order valence-corrected chi connectivity index (χ0v) is 16.6. The van der Waals surface area contributed by atoms with Crippen molar-refractivity contribution in [2.75, 3.05) is 12.4 Å². The predicted molar refractivity (Wildman–Crippen MR) is 110 cm³/mol. The average molecular weight is 401 g/mol. The van der Waals surface area contributed by atoms with Crippen molar-refractivity contribution in [1.82, 2.24) is 15.5 Å². The molecular weight excluding hydrogens is 380 g/mol. The van der Waals surface area contributed by atoms with E-state index in [2.05, 4.69) is 20.8 Å². The van der Waals surface area contributed by atoms with Gasteiger partial charge in [0.1, 0.15) is 5.75 Å². The van der Waals surface area contributed by atoms with Gasteiger partial charge in [-0.05, 0) is 24.6 Å². The first-order valence-electron chi connectivity index (χ1n) is 8.37. The highest BCUT2D eigenvalue weighted by Crippen LogP contribution is 2.31. The number of carbonyl (C=O) groups excluding carboxylic acids is 1. The molecule has 0 aliphatic carbocycles. The van der Waals surface area contributed by atoms with Gasteiger partial charge < -0.3 is 15.4 Å². The number of aromatic nitrogens is 2. The van der Waals surface area contributed by atoms with Crippen molar-refractivity contribution in [2.24, 2.45) is 0 Å². The lowest BCUT2D eigenvalue weighted by molar-refractivity contribution is -0.120. The van der Waals surface area contributed by atoms with Crippen molar-refractivity contribution in [3.05, 3.63) is 60.2 Å². The third kappa shape index (κ3) is 5.70. The van der Waals surface area contributed by atoms with Crippen molar-refractivity contribution in [2.45, 2.75) is 23.1 Å². The van der Waals surface area contributed by atoms with E-state index in [1.54, 1.807) is 7.11 Å². The zero-order valence-electron chi connectivity index (χ0n) is 15.0. The number of nitrogens with one attached hydrogen (secondary N) is 2. The Morgan fingerprint density at radius 3 is 2.78 bits per heavy atom. The smallest absolute Gasteiger partial charge is 0.233 e. The van der Waals surface area contributed by atoms with Gasteiger partial charge in [0.25, 0.3) is 0 Å². The third-order valence-corrected chi connectivity index (χ3v) is 5.71. The molecule has 140 valence electrons. The summed E-state index contributed by atoms with van der Waals surface area (Å²) in [4.78, 5) is 12.3. The Morgan fingerprint density at radius 2 is 2.00 bits per heavy atom. The number of carbonyl (C=O) groups is 1. The fourth-order valence-electron chi connectivity index (χ4n) is 2.27. The first-order valence-corrected chi connectivity index (χ1v) is 10.1. The molecule has 0 bridgehead atoms. The molecular formula is C19H20N4O2S2. The summed E-state index contributed by atoms with van der Waals surface area (Å²) < 4.78 is 5.95. The molecule has 2 aromatic carbocycles. The second-order valence-electron chi connectivity index (χ2n) is 5.69. The summed E-state index contributed by atoms with van der Waals surface area (Å²) in [6.07, 6.45) is 0. The second-order valence-corrected chi connectivity index (χ2v) is 8.26. The average Bonchev–Trinajstić information content (AvgIpc) is 3.13. The highest BCUT2D eigenvalue weighted by Gasteiger charge is 2.17. The van der Waals surface area contributed by atoms with Crippen LogP contribution in [0.4, 0.5) is 10.8 Å². The molecule has 3 aromatic rings. The minimum Gasteiger partial charge on any atom is -0.497 e. The van der Waals surface area contributed by atoms with E-state index in [0.29, 0.717) is 11.7 Å². The van der Waals surface area contributed by atoms with Crippen LogP contribution in [0.5, 0.6) is 5.75 Å². The summed E-state index contributed by atoms with van der Waals surface area (Å²) in [6, 6.07) is 17.4. The van der Waals surface area contributed by atoms with Gasteiger partial charge in [-0.15, -0.1) is 10.2 Å². The summed E-state index contributed by atoms with van der Waals surface area (Å²) in [5.41, 5.74) is 1.94. The lowest BCUT2D eigenvalue weighted by Gasteiger charge is -2.10. The van der Waals surface area contributed by atoms with Gasteiger partial charge in [0.2, 0.25) is 11.0 Å². The van der Waals surface area contributed by atoms with Crippen LogP contribution in [0, 0.1) is 0 Å². The number of hydrogen-bond donors (Lipinski definition) is 2. The summed E-state index contributed by atoms with van der Waals surface area (Å²) in [5.74, 6) is 0.740. The minimum atomic E-state index is -0.258. The van der Waals surface area contributed by atoms with E-state index in [1.807, 2.05) is 61.5 Å². The van der Waals surface area contributed by atoms with E-state index >= 15 is 0 Å². The molecule has 0 unspecified atom stereocenters. The van der Waals surface area contributed by atoms with E-state index in [1.165, 1.54) is 23.1 Å². The number of hydrogen-bond acceptors (Lipinski definition) is 7. The molecule has 2 N–H and O–H groups in total. The molecule has 0 saturated carbocycles. The number of thioether (sulfide) groups is 1. The lowest BCUT2D eigenvalue weighted by atomic mass is 10.2. The number of benzene rings is 2. The molecule has 3 rings (SSSR count). The Kier molecular flexibility index (Phi) is 6.67. The normalized spacial score (nSPS) is 11.6. The molecule has 6 nitrogen and oxygen atoms in total. The molecule has 0 saturated heterocycles. The fraction of sp³-hybridized carbons (Fsp3) is 0.211. The number of rotatable bonds is 8. The summed E-state index contributed by atoms with van der Waals surface area (Å²) >= 11 is 2.80. The van der Waals surface area contributed by atoms with Crippen LogP contribution in [-0.4, -0.2) is 28.5 Å². The number of nitrogens with zero attached hydrogens (tertiary/aromatic N) is 2. The molecule has 1 atom stereocenters. The molecule has 27 heavy (non-hydrogen) atoms. The number of methoxy groups -OCH3 is 1. The molecule has 0 aliphatic rings. The van der Waals surface area contributed by atoms with Crippen LogP contribution >= 0.6 is 23.1 Å². The Morgan fingerprint density at radius 1 is 1.19 bits per heavy atom. The van der Waals surface area contributed by atoms with Crippen molar-refractivity contribution in [1.29, 1.82) is 0 Å². The Hall–Kier alpha value is -2.58. The van der Waals surface area contributed by atoms with E-state index in [9.17, 15) is 4.79 Å². The zero-order chi connectivity index (χ0) is 19.1. The largest absolute Gasteiger partial charge is 0.497 e. The molecule has 1 aromatic heterocycles. The molecule has 0 fully saturated rings. The van der Waals surface area contributed by atoms with Crippen LogP contribution in [0.15, 0.2) is 58.9 Å². The lowest BCUT2D eigenvalue weighted by Crippen LogP contribution is -2.30. The van der Waals surface area contributed by atoms with Crippen molar-refractivity contribution >= 4 is 39.8 Å². The van der Waals surface area contributed by atoms with Crippen LogP contribution < -0.4 is 15.4 Å². The van der Waals surface area contributed by atoms with Gasteiger partial charge in [0, 0.05) is 18.3 Å². The fourth-order valence-corrected chi connectivity index (χ4v) is 4.21.